The fourth-order valence-electron chi connectivity index (χ4n) is 2.56. The van der Waals surface area contributed by atoms with Crippen LogP contribution in [0.1, 0.15) is 6.92 Å². The number of imidazole rings is 1. The normalized spacial score (nSPS) is 10.9. The van der Waals surface area contributed by atoms with Crippen molar-refractivity contribution in [3.63, 3.8) is 0 Å². The van der Waals surface area contributed by atoms with Crippen LogP contribution in [0, 0.1) is 0 Å². The van der Waals surface area contributed by atoms with Crippen LogP contribution in [-0.2, 0) is 6.54 Å². The van der Waals surface area contributed by atoms with Crippen molar-refractivity contribution < 1.29 is 4.74 Å². The van der Waals surface area contributed by atoms with Crippen LogP contribution < -0.4 is 10.4 Å². The molecule has 0 bridgehead atoms. The molecule has 0 spiro atoms. The minimum Gasteiger partial charge on any atom is -0.495 e. The van der Waals surface area contributed by atoms with Gasteiger partial charge >= 0.3 is 5.69 Å². The number of hydrogen-bond acceptors (Lipinski definition) is 2. The van der Waals surface area contributed by atoms with Crippen molar-refractivity contribution in [2.45, 2.75) is 13.5 Å². The van der Waals surface area contributed by atoms with Crippen LogP contribution in [0.4, 0.5) is 0 Å². The van der Waals surface area contributed by atoms with Gasteiger partial charge in [0.25, 0.3) is 0 Å². The summed E-state index contributed by atoms with van der Waals surface area (Å²) in [7, 11) is 1.61. The van der Waals surface area contributed by atoms with Crippen molar-refractivity contribution in [3.05, 3.63) is 59.0 Å². The molecule has 0 atom stereocenters. The SMILES string of the molecule is CCn1c(=O)n(-c2ccccc2OC)c2ccccc21. The highest BCUT2D eigenvalue weighted by Crippen LogP contribution is 2.25. The zero-order valence-corrected chi connectivity index (χ0v) is 11.5. The standard InChI is InChI=1S/C16H16N2O2/c1-3-17-12-8-4-5-9-13(12)18(16(17)19)14-10-6-7-11-15(14)20-2/h4-11H,3H2,1-2H3. The topological polar surface area (TPSA) is 36.2 Å². The Morgan fingerprint density at radius 3 is 2.35 bits per heavy atom. The van der Waals surface area contributed by atoms with E-state index in [2.05, 4.69) is 0 Å². The number of aromatic nitrogens is 2. The molecule has 1 aromatic heterocycles. The van der Waals surface area contributed by atoms with Crippen LogP contribution in [0.25, 0.3) is 16.7 Å². The van der Waals surface area contributed by atoms with Crippen LogP contribution >= 0.6 is 0 Å². The molecule has 0 unspecified atom stereocenters. The van der Waals surface area contributed by atoms with Gasteiger partial charge in [0, 0.05) is 6.54 Å². The van der Waals surface area contributed by atoms with E-state index in [1.165, 1.54) is 0 Å². The number of methoxy groups -OCH3 is 1. The highest BCUT2D eigenvalue weighted by atomic mass is 16.5. The Labute approximate surface area is 116 Å². The molecule has 20 heavy (non-hydrogen) atoms. The van der Waals surface area contributed by atoms with Crippen molar-refractivity contribution in [3.8, 4) is 11.4 Å². The van der Waals surface area contributed by atoms with Crippen LogP contribution in [-0.4, -0.2) is 16.2 Å². The minimum atomic E-state index is -0.0433. The molecular formula is C16H16N2O2. The summed E-state index contributed by atoms with van der Waals surface area (Å²) in [5.74, 6) is 0.689. The van der Waals surface area contributed by atoms with Crippen molar-refractivity contribution in [2.75, 3.05) is 7.11 Å². The second kappa shape index (κ2) is 4.89. The Morgan fingerprint density at radius 2 is 1.65 bits per heavy atom. The van der Waals surface area contributed by atoms with Gasteiger partial charge in [0.05, 0.1) is 23.8 Å². The summed E-state index contributed by atoms with van der Waals surface area (Å²) in [6.45, 7) is 2.61. The van der Waals surface area contributed by atoms with Crippen LogP contribution in [0.5, 0.6) is 5.75 Å². The largest absolute Gasteiger partial charge is 0.495 e. The second-order valence-electron chi connectivity index (χ2n) is 4.52. The summed E-state index contributed by atoms with van der Waals surface area (Å²) in [6.07, 6.45) is 0. The Kier molecular flexibility index (Phi) is 3.06. The average molecular weight is 268 g/mol. The molecule has 3 aromatic rings. The zero-order chi connectivity index (χ0) is 14.1. The molecule has 4 heteroatoms. The van der Waals surface area contributed by atoms with Gasteiger partial charge in [-0.15, -0.1) is 0 Å². The number of ether oxygens (including phenoxy) is 1. The third kappa shape index (κ3) is 1.72. The highest BCUT2D eigenvalue weighted by molar-refractivity contribution is 5.78. The molecule has 3 rings (SSSR count). The van der Waals surface area contributed by atoms with Crippen molar-refractivity contribution in [1.29, 1.82) is 0 Å². The summed E-state index contributed by atoms with van der Waals surface area (Å²) < 4.78 is 8.85. The lowest BCUT2D eigenvalue weighted by molar-refractivity contribution is 0.412. The molecular weight excluding hydrogens is 252 g/mol. The van der Waals surface area contributed by atoms with Gasteiger partial charge in [0.15, 0.2) is 0 Å². The fraction of sp³-hybridized carbons (Fsp3) is 0.188. The maximum atomic E-state index is 12.7. The molecule has 0 saturated heterocycles. The first-order valence-corrected chi connectivity index (χ1v) is 6.61. The van der Waals surface area contributed by atoms with E-state index in [0.29, 0.717) is 12.3 Å². The maximum absolute atomic E-state index is 12.7. The molecule has 4 nitrogen and oxygen atoms in total. The number of fused-ring (bicyclic) bond motifs is 1. The number of para-hydroxylation sites is 4. The van der Waals surface area contributed by atoms with Gasteiger partial charge in [0.2, 0.25) is 0 Å². The molecule has 0 saturated carbocycles. The lowest BCUT2D eigenvalue weighted by Gasteiger charge is -2.08. The Balaban J connectivity index is 2.43. The van der Waals surface area contributed by atoms with E-state index in [1.807, 2.05) is 55.5 Å². The summed E-state index contributed by atoms with van der Waals surface area (Å²) in [4.78, 5) is 12.7. The molecule has 2 aromatic carbocycles. The van der Waals surface area contributed by atoms with Gasteiger partial charge < -0.3 is 4.74 Å². The third-order valence-corrected chi connectivity index (χ3v) is 3.48. The Morgan fingerprint density at radius 1 is 1.00 bits per heavy atom. The first-order valence-electron chi connectivity index (χ1n) is 6.61. The van der Waals surface area contributed by atoms with Gasteiger partial charge in [-0.25, -0.2) is 4.79 Å². The Hall–Kier alpha value is -2.49. The molecule has 1 heterocycles. The summed E-state index contributed by atoms with van der Waals surface area (Å²) >= 11 is 0. The second-order valence-corrected chi connectivity index (χ2v) is 4.52. The van der Waals surface area contributed by atoms with E-state index >= 15 is 0 Å². The molecule has 0 aliphatic heterocycles. The van der Waals surface area contributed by atoms with Gasteiger partial charge in [-0.1, -0.05) is 24.3 Å². The van der Waals surface area contributed by atoms with E-state index in [9.17, 15) is 4.79 Å². The van der Waals surface area contributed by atoms with Crippen LogP contribution in [0.2, 0.25) is 0 Å². The van der Waals surface area contributed by atoms with E-state index < -0.39 is 0 Å². The van der Waals surface area contributed by atoms with E-state index in [-0.39, 0.29) is 5.69 Å². The Bertz CT molecular complexity index is 815. The maximum Gasteiger partial charge on any atom is 0.333 e. The van der Waals surface area contributed by atoms with Crippen LogP contribution in [0.3, 0.4) is 0 Å². The number of hydrogen-bond donors (Lipinski definition) is 0. The number of nitrogens with zero attached hydrogens (tertiary/aromatic N) is 2. The lowest BCUT2D eigenvalue weighted by atomic mass is 10.2. The highest BCUT2D eigenvalue weighted by Gasteiger charge is 2.15. The first-order chi connectivity index (χ1) is 9.77. The van der Waals surface area contributed by atoms with E-state index in [4.69, 9.17) is 4.74 Å². The smallest absolute Gasteiger partial charge is 0.333 e. The number of benzene rings is 2. The molecule has 0 amide bonds. The number of rotatable bonds is 3. The zero-order valence-electron chi connectivity index (χ0n) is 11.5. The van der Waals surface area contributed by atoms with E-state index in [1.54, 1.807) is 16.2 Å². The summed E-state index contributed by atoms with van der Waals surface area (Å²) in [5.41, 5.74) is 2.55. The average Bonchev–Trinajstić information content (AvgIpc) is 2.78. The summed E-state index contributed by atoms with van der Waals surface area (Å²) in [6, 6.07) is 15.4. The molecule has 0 radical (unpaired) electrons. The lowest BCUT2D eigenvalue weighted by Crippen LogP contribution is -2.22. The molecule has 0 aliphatic carbocycles. The van der Waals surface area contributed by atoms with Gasteiger partial charge in [-0.2, -0.15) is 0 Å². The molecule has 0 fully saturated rings. The molecule has 0 aliphatic rings. The molecule has 0 N–H and O–H groups in total. The van der Waals surface area contributed by atoms with Crippen molar-refractivity contribution >= 4 is 11.0 Å². The van der Waals surface area contributed by atoms with Crippen molar-refractivity contribution in [2.24, 2.45) is 0 Å². The van der Waals surface area contributed by atoms with Gasteiger partial charge in [-0.05, 0) is 31.2 Å². The van der Waals surface area contributed by atoms with Crippen molar-refractivity contribution in [1.82, 2.24) is 9.13 Å². The third-order valence-electron chi connectivity index (χ3n) is 3.48. The predicted octanol–water partition coefficient (Wildman–Crippen LogP) is 2.82. The molecule has 102 valence electrons. The summed E-state index contributed by atoms with van der Waals surface area (Å²) in [5, 5.41) is 0. The monoisotopic (exact) mass is 268 g/mol. The fourth-order valence-corrected chi connectivity index (χ4v) is 2.56. The quantitative estimate of drug-likeness (QED) is 0.732. The minimum absolute atomic E-state index is 0.0433. The number of aryl methyl sites for hydroxylation is 1. The predicted molar refractivity (Wildman–Crippen MR) is 79.8 cm³/mol. The van der Waals surface area contributed by atoms with Gasteiger partial charge in [0.1, 0.15) is 5.75 Å². The van der Waals surface area contributed by atoms with Crippen LogP contribution in [0.15, 0.2) is 53.3 Å². The first kappa shape index (κ1) is 12.5. The van der Waals surface area contributed by atoms with Gasteiger partial charge in [-0.3, -0.25) is 9.13 Å². The van der Waals surface area contributed by atoms with E-state index in [0.717, 1.165) is 16.7 Å².